The maximum Gasteiger partial charge on any atom is 0.251 e. The predicted molar refractivity (Wildman–Crippen MR) is 141 cm³/mol. The number of benzene rings is 2. The van der Waals surface area contributed by atoms with Gasteiger partial charge < -0.3 is 19.4 Å². The number of hydrogen-bond acceptors (Lipinski definition) is 5. The van der Waals surface area contributed by atoms with Crippen LogP contribution in [0.3, 0.4) is 0 Å². The van der Waals surface area contributed by atoms with Crippen LogP contribution in [0.5, 0.6) is 11.5 Å². The zero-order valence-corrected chi connectivity index (χ0v) is 20.8. The molecule has 2 aromatic carbocycles. The second-order valence-electron chi connectivity index (χ2n) is 8.57. The largest absolute Gasteiger partial charge is 0.493 e. The maximum atomic E-state index is 12.7. The standard InChI is InChI=1S/C29H32N4O3/c1-4-9-22-12-13-26(27(20-22)35-3)36-19-8-7-18-33-25-11-6-5-10-24(25)32-28(33)21(2)31-29(34)23-14-16-30-17-15-23/h4-6,10-17,20-21H,1,7-9,18-19H2,2-3H3,(H,31,34). The van der Waals surface area contributed by atoms with Crippen LogP contribution in [0.4, 0.5) is 0 Å². The minimum atomic E-state index is -0.257. The molecule has 36 heavy (non-hydrogen) atoms. The zero-order chi connectivity index (χ0) is 25.3. The highest BCUT2D eigenvalue weighted by Crippen LogP contribution is 2.29. The Morgan fingerprint density at radius 2 is 1.92 bits per heavy atom. The van der Waals surface area contributed by atoms with E-state index in [9.17, 15) is 4.79 Å². The van der Waals surface area contributed by atoms with E-state index in [1.54, 1.807) is 31.6 Å². The van der Waals surface area contributed by atoms with Crippen LogP contribution in [0.1, 0.15) is 47.6 Å². The van der Waals surface area contributed by atoms with Gasteiger partial charge in [0.15, 0.2) is 11.5 Å². The van der Waals surface area contributed by atoms with Crippen molar-refractivity contribution in [3.8, 4) is 11.5 Å². The van der Waals surface area contributed by atoms with E-state index in [0.29, 0.717) is 12.2 Å². The first-order valence-electron chi connectivity index (χ1n) is 12.2. The summed E-state index contributed by atoms with van der Waals surface area (Å²) in [6.07, 6.45) is 7.65. The Kier molecular flexibility index (Phi) is 8.34. The van der Waals surface area contributed by atoms with Gasteiger partial charge in [0.25, 0.3) is 5.91 Å². The Bertz CT molecular complexity index is 1320. The highest BCUT2D eigenvalue weighted by Gasteiger charge is 2.19. The number of allylic oxidation sites excluding steroid dienone is 1. The molecule has 0 aliphatic carbocycles. The summed E-state index contributed by atoms with van der Waals surface area (Å²) in [7, 11) is 1.65. The van der Waals surface area contributed by atoms with Gasteiger partial charge in [-0.25, -0.2) is 4.98 Å². The smallest absolute Gasteiger partial charge is 0.251 e. The van der Waals surface area contributed by atoms with E-state index >= 15 is 0 Å². The minimum absolute atomic E-state index is 0.148. The maximum absolute atomic E-state index is 12.7. The number of pyridine rings is 1. The van der Waals surface area contributed by atoms with Crippen molar-refractivity contribution >= 4 is 16.9 Å². The molecule has 7 nitrogen and oxygen atoms in total. The average molecular weight is 485 g/mol. The first-order valence-corrected chi connectivity index (χ1v) is 12.2. The predicted octanol–water partition coefficient (Wildman–Crippen LogP) is 5.52. The molecule has 1 unspecified atom stereocenters. The van der Waals surface area contributed by atoms with Crippen molar-refractivity contribution in [2.45, 2.75) is 38.8 Å². The summed E-state index contributed by atoms with van der Waals surface area (Å²) < 4.78 is 13.7. The summed E-state index contributed by atoms with van der Waals surface area (Å²) in [4.78, 5) is 21.5. The zero-order valence-electron chi connectivity index (χ0n) is 20.8. The van der Waals surface area contributed by atoms with Crippen LogP contribution in [-0.2, 0) is 13.0 Å². The van der Waals surface area contributed by atoms with Gasteiger partial charge in [0.05, 0.1) is 30.8 Å². The summed E-state index contributed by atoms with van der Waals surface area (Å²) in [5.41, 5.74) is 3.68. The van der Waals surface area contributed by atoms with Crippen LogP contribution in [0.25, 0.3) is 11.0 Å². The average Bonchev–Trinajstić information content (AvgIpc) is 3.28. The lowest BCUT2D eigenvalue weighted by Crippen LogP contribution is -2.28. The molecule has 1 N–H and O–H groups in total. The lowest BCUT2D eigenvalue weighted by Gasteiger charge is -2.17. The number of nitrogens with one attached hydrogen (secondary N) is 1. The number of rotatable bonds is 12. The van der Waals surface area contributed by atoms with Gasteiger partial charge in [-0.15, -0.1) is 6.58 Å². The quantitative estimate of drug-likeness (QED) is 0.212. The summed E-state index contributed by atoms with van der Waals surface area (Å²) in [6.45, 7) is 7.09. The molecule has 0 saturated heterocycles. The van der Waals surface area contributed by atoms with Crippen molar-refractivity contribution in [3.63, 3.8) is 0 Å². The number of para-hydroxylation sites is 2. The molecule has 0 bridgehead atoms. The normalized spacial score (nSPS) is 11.7. The number of methoxy groups -OCH3 is 1. The summed E-state index contributed by atoms with van der Waals surface area (Å²) in [6, 6.07) is 17.2. The number of aromatic nitrogens is 3. The number of amides is 1. The van der Waals surface area contributed by atoms with Crippen LogP contribution in [0.2, 0.25) is 0 Å². The van der Waals surface area contributed by atoms with Crippen molar-refractivity contribution in [2.75, 3.05) is 13.7 Å². The molecular weight excluding hydrogens is 452 g/mol. The monoisotopic (exact) mass is 484 g/mol. The molecule has 4 rings (SSSR count). The highest BCUT2D eigenvalue weighted by molar-refractivity contribution is 5.94. The number of carbonyl (C=O) groups excluding carboxylic acids is 1. The van der Waals surface area contributed by atoms with E-state index < -0.39 is 0 Å². The molecule has 0 saturated carbocycles. The Morgan fingerprint density at radius 1 is 1.11 bits per heavy atom. The van der Waals surface area contributed by atoms with Gasteiger partial charge in [0.1, 0.15) is 5.82 Å². The molecule has 0 fully saturated rings. The van der Waals surface area contributed by atoms with Crippen LogP contribution < -0.4 is 14.8 Å². The molecule has 1 atom stereocenters. The molecule has 186 valence electrons. The number of unbranched alkanes of at least 4 members (excludes halogenated alkanes) is 1. The van der Waals surface area contributed by atoms with Gasteiger partial charge >= 0.3 is 0 Å². The van der Waals surface area contributed by atoms with Gasteiger partial charge in [0.2, 0.25) is 0 Å². The van der Waals surface area contributed by atoms with E-state index in [0.717, 1.165) is 59.7 Å². The third-order valence-electron chi connectivity index (χ3n) is 6.00. The topological polar surface area (TPSA) is 78.3 Å². The van der Waals surface area contributed by atoms with Gasteiger partial charge in [0, 0.05) is 24.5 Å². The lowest BCUT2D eigenvalue weighted by atomic mass is 10.1. The highest BCUT2D eigenvalue weighted by atomic mass is 16.5. The molecule has 2 heterocycles. The van der Waals surface area contributed by atoms with Crippen LogP contribution >= 0.6 is 0 Å². The van der Waals surface area contributed by atoms with Crippen molar-refractivity contribution in [1.29, 1.82) is 0 Å². The number of fused-ring (bicyclic) bond motifs is 1. The first kappa shape index (κ1) is 25.0. The summed E-state index contributed by atoms with van der Waals surface area (Å²) in [5.74, 6) is 2.16. The van der Waals surface area contributed by atoms with Crippen molar-refractivity contribution in [3.05, 3.63) is 96.6 Å². The van der Waals surface area contributed by atoms with E-state index in [4.69, 9.17) is 14.5 Å². The summed E-state index contributed by atoms with van der Waals surface area (Å²) in [5, 5.41) is 3.07. The second-order valence-corrected chi connectivity index (χ2v) is 8.57. The van der Waals surface area contributed by atoms with Crippen molar-refractivity contribution in [2.24, 2.45) is 0 Å². The molecule has 2 aromatic heterocycles. The third-order valence-corrected chi connectivity index (χ3v) is 6.00. The van der Waals surface area contributed by atoms with Crippen LogP contribution in [0, 0.1) is 0 Å². The summed E-state index contributed by atoms with van der Waals surface area (Å²) >= 11 is 0. The van der Waals surface area contributed by atoms with E-state index in [2.05, 4.69) is 27.5 Å². The first-order chi connectivity index (χ1) is 17.6. The van der Waals surface area contributed by atoms with Crippen LogP contribution in [-0.4, -0.2) is 34.2 Å². The minimum Gasteiger partial charge on any atom is -0.493 e. The van der Waals surface area contributed by atoms with E-state index in [-0.39, 0.29) is 11.9 Å². The Hall–Kier alpha value is -4.13. The van der Waals surface area contributed by atoms with Gasteiger partial charge in [-0.3, -0.25) is 9.78 Å². The molecular formula is C29H32N4O3. The Morgan fingerprint density at radius 3 is 2.69 bits per heavy atom. The second kappa shape index (κ2) is 12.0. The SMILES string of the molecule is C=CCc1ccc(OCCCCn2c(C(C)NC(=O)c3ccncc3)nc3ccccc32)c(OC)c1. The lowest BCUT2D eigenvalue weighted by molar-refractivity contribution is 0.0937. The fourth-order valence-corrected chi connectivity index (χ4v) is 4.19. The third kappa shape index (κ3) is 5.92. The molecule has 0 aliphatic rings. The number of carbonyl (C=O) groups is 1. The fourth-order valence-electron chi connectivity index (χ4n) is 4.19. The van der Waals surface area contributed by atoms with Gasteiger partial charge in [-0.2, -0.15) is 0 Å². The molecule has 4 aromatic rings. The fraction of sp³-hybridized carbons (Fsp3) is 0.276. The van der Waals surface area contributed by atoms with E-state index in [1.807, 2.05) is 49.4 Å². The number of ether oxygens (including phenoxy) is 2. The molecule has 0 aliphatic heterocycles. The van der Waals surface area contributed by atoms with Gasteiger partial charge in [-0.1, -0.05) is 24.3 Å². The Labute approximate surface area is 211 Å². The van der Waals surface area contributed by atoms with Crippen molar-refractivity contribution in [1.82, 2.24) is 19.9 Å². The van der Waals surface area contributed by atoms with Crippen molar-refractivity contribution < 1.29 is 14.3 Å². The molecule has 0 radical (unpaired) electrons. The Balaban J connectivity index is 1.40. The molecule has 0 spiro atoms. The number of hydrogen-bond donors (Lipinski definition) is 1. The number of aryl methyl sites for hydroxylation is 1. The van der Waals surface area contributed by atoms with Gasteiger partial charge in [-0.05, 0) is 68.1 Å². The van der Waals surface area contributed by atoms with Crippen LogP contribution in [0.15, 0.2) is 79.6 Å². The molecule has 7 heteroatoms. The van der Waals surface area contributed by atoms with E-state index in [1.165, 1.54) is 0 Å². The number of nitrogens with zero attached hydrogens (tertiary/aromatic N) is 3. The number of imidazole rings is 1. The molecule has 1 amide bonds.